The van der Waals surface area contributed by atoms with E-state index in [0.717, 1.165) is 38.1 Å². The minimum Gasteiger partial charge on any atom is -0.372 e. The van der Waals surface area contributed by atoms with E-state index in [1.54, 1.807) is 0 Å². The van der Waals surface area contributed by atoms with E-state index < -0.39 is 0 Å². The van der Waals surface area contributed by atoms with Crippen molar-refractivity contribution in [3.05, 3.63) is 33.8 Å². The van der Waals surface area contributed by atoms with Crippen molar-refractivity contribution in [2.75, 3.05) is 19.7 Å². The van der Waals surface area contributed by atoms with Gasteiger partial charge in [0.2, 0.25) is 0 Å². The molecule has 1 heterocycles. The van der Waals surface area contributed by atoms with Crippen molar-refractivity contribution in [2.45, 2.75) is 32.8 Å². The van der Waals surface area contributed by atoms with Crippen LogP contribution in [0.15, 0.2) is 18.2 Å². The maximum absolute atomic E-state index is 6.12. The number of benzene rings is 1. The highest BCUT2D eigenvalue weighted by Gasteiger charge is 2.31. The molecule has 0 bridgehead atoms. The Labute approximate surface area is 125 Å². The van der Waals surface area contributed by atoms with E-state index in [1.807, 2.05) is 18.2 Å². The largest absolute Gasteiger partial charge is 0.372 e. The van der Waals surface area contributed by atoms with Crippen LogP contribution in [0.4, 0.5) is 0 Å². The van der Waals surface area contributed by atoms with E-state index in [1.165, 1.54) is 0 Å². The molecule has 0 aliphatic carbocycles. The molecular formula is C15H21Cl2NO. The number of ether oxygens (including phenoxy) is 1. The van der Waals surface area contributed by atoms with Crippen LogP contribution in [0.2, 0.25) is 10.0 Å². The molecule has 106 valence electrons. The molecule has 1 atom stereocenters. The molecule has 0 amide bonds. The summed E-state index contributed by atoms with van der Waals surface area (Å²) >= 11 is 12.0. The van der Waals surface area contributed by atoms with Gasteiger partial charge >= 0.3 is 0 Å². The Bertz CT molecular complexity index is 432. The first-order valence-corrected chi connectivity index (χ1v) is 7.63. The predicted octanol–water partition coefficient (Wildman–Crippen LogP) is 4.46. The summed E-state index contributed by atoms with van der Waals surface area (Å²) in [5.74, 6) is 0. The van der Waals surface area contributed by atoms with Gasteiger partial charge in [-0.1, -0.05) is 43.1 Å². The summed E-state index contributed by atoms with van der Waals surface area (Å²) in [5.41, 5.74) is 1.34. The van der Waals surface area contributed by atoms with Crippen LogP contribution in [0, 0.1) is 5.41 Å². The first-order chi connectivity index (χ1) is 9.10. The monoisotopic (exact) mass is 301 g/mol. The lowest BCUT2D eigenvalue weighted by Gasteiger charge is -2.29. The Morgan fingerprint density at radius 3 is 2.63 bits per heavy atom. The molecule has 1 aliphatic rings. The number of rotatable bonds is 3. The molecule has 4 heteroatoms. The van der Waals surface area contributed by atoms with Gasteiger partial charge in [0, 0.05) is 18.5 Å². The molecule has 1 aromatic carbocycles. The van der Waals surface area contributed by atoms with Gasteiger partial charge in [-0.05, 0) is 30.5 Å². The van der Waals surface area contributed by atoms with Gasteiger partial charge in [0.05, 0.1) is 22.8 Å². The van der Waals surface area contributed by atoms with Crippen LogP contribution in [0.3, 0.4) is 0 Å². The zero-order valence-electron chi connectivity index (χ0n) is 11.5. The molecule has 1 aliphatic heterocycles. The van der Waals surface area contributed by atoms with E-state index >= 15 is 0 Å². The summed E-state index contributed by atoms with van der Waals surface area (Å²) < 4.78 is 6.12. The fourth-order valence-electron chi connectivity index (χ4n) is 2.49. The fourth-order valence-corrected chi connectivity index (χ4v) is 2.79. The Kier molecular flexibility index (Phi) is 5.13. The van der Waals surface area contributed by atoms with Crippen molar-refractivity contribution >= 4 is 23.2 Å². The SMILES string of the molecule is CCC1(CC)CNCC(c2ccc(Cl)c(Cl)c2)OC1. The first kappa shape index (κ1) is 15.1. The van der Waals surface area contributed by atoms with E-state index in [9.17, 15) is 0 Å². The Morgan fingerprint density at radius 1 is 1.26 bits per heavy atom. The minimum absolute atomic E-state index is 0.0507. The first-order valence-electron chi connectivity index (χ1n) is 6.87. The zero-order chi connectivity index (χ0) is 13.9. The summed E-state index contributed by atoms with van der Waals surface area (Å²) in [6.45, 7) is 7.08. The highest BCUT2D eigenvalue weighted by molar-refractivity contribution is 6.42. The van der Waals surface area contributed by atoms with Gasteiger partial charge in [-0.3, -0.25) is 0 Å². The molecule has 0 saturated carbocycles. The second kappa shape index (κ2) is 6.45. The highest BCUT2D eigenvalue weighted by atomic mass is 35.5. The second-order valence-electron chi connectivity index (χ2n) is 5.31. The molecule has 1 N–H and O–H groups in total. The van der Waals surface area contributed by atoms with E-state index in [4.69, 9.17) is 27.9 Å². The molecule has 19 heavy (non-hydrogen) atoms. The summed E-state index contributed by atoms with van der Waals surface area (Å²) in [4.78, 5) is 0. The maximum Gasteiger partial charge on any atom is 0.0950 e. The van der Waals surface area contributed by atoms with Crippen LogP contribution >= 0.6 is 23.2 Å². The summed E-state index contributed by atoms with van der Waals surface area (Å²) in [6, 6.07) is 5.73. The van der Waals surface area contributed by atoms with Crippen LogP contribution in [0.1, 0.15) is 38.4 Å². The summed E-state index contributed by atoms with van der Waals surface area (Å²) in [6.07, 6.45) is 2.31. The Morgan fingerprint density at radius 2 is 2.00 bits per heavy atom. The lowest BCUT2D eigenvalue weighted by atomic mass is 9.83. The molecule has 0 spiro atoms. The van der Waals surface area contributed by atoms with Gasteiger partial charge in [0.1, 0.15) is 0 Å². The number of halogens is 2. The molecule has 1 fully saturated rings. The molecule has 2 nitrogen and oxygen atoms in total. The molecular weight excluding hydrogens is 281 g/mol. The van der Waals surface area contributed by atoms with Crippen molar-refractivity contribution in [3.63, 3.8) is 0 Å². The van der Waals surface area contributed by atoms with Crippen molar-refractivity contribution in [1.29, 1.82) is 0 Å². The zero-order valence-corrected chi connectivity index (χ0v) is 13.0. The molecule has 0 radical (unpaired) electrons. The molecule has 2 rings (SSSR count). The van der Waals surface area contributed by atoms with Crippen molar-refractivity contribution in [2.24, 2.45) is 5.41 Å². The van der Waals surface area contributed by atoms with Crippen molar-refractivity contribution < 1.29 is 4.74 Å². The van der Waals surface area contributed by atoms with Crippen LogP contribution < -0.4 is 5.32 Å². The lowest BCUT2D eigenvalue weighted by molar-refractivity contribution is 0.0103. The predicted molar refractivity (Wildman–Crippen MR) is 81.0 cm³/mol. The number of hydrogen-bond donors (Lipinski definition) is 1. The molecule has 1 unspecified atom stereocenters. The Balaban J connectivity index is 2.12. The van der Waals surface area contributed by atoms with Gasteiger partial charge in [-0.15, -0.1) is 0 Å². The number of hydrogen-bond acceptors (Lipinski definition) is 2. The van der Waals surface area contributed by atoms with E-state index in [-0.39, 0.29) is 11.5 Å². The van der Waals surface area contributed by atoms with Crippen LogP contribution in [0.5, 0.6) is 0 Å². The third-order valence-electron chi connectivity index (χ3n) is 4.24. The van der Waals surface area contributed by atoms with Gasteiger partial charge < -0.3 is 10.1 Å². The smallest absolute Gasteiger partial charge is 0.0950 e. The Hall–Kier alpha value is -0.280. The standard InChI is InChI=1S/C15H21Cl2NO/c1-3-15(4-2)9-18-8-14(19-10-15)11-5-6-12(16)13(17)7-11/h5-7,14,18H,3-4,8-10H2,1-2H3. The minimum atomic E-state index is 0.0507. The topological polar surface area (TPSA) is 21.3 Å². The number of nitrogens with one attached hydrogen (secondary N) is 1. The summed E-state index contributed by atoms with van der Waals surface area (Å²) in [5, 5.41) is 4.70. The average molecular weight is 302 g/mol. The third-order valence-corrected chi connectivity index (χ3v) is 4.97. The van der Waals surface area contributed by atoms with Crippen LogP contribution in [-0.4, -0.2) is 19.7 Å². The molecule has 0 aromatic heterocycles. The van der Waals surface area contributed by atoms with Gasteiger partial charge in [-0.2, -0.15) is 0 Å². The third kappa shape index (κ3) is 3.43. The quantitative estimate of drug-likeness (QED) is 0.890. The average Bonchev–Trinajstić information content (AvgIpc) is 2.65. The van der Waals surface area contributed by atoms with Gasteiger partial charge in [0.15, 0.2) is 0 Å². The fraction of sp³-hybridized carbons (Fsp3) is 0.600. The van der Waals surface area contributed by atoms with Crippen molar-refractivity contribution in [3.8, 4) is 0 Å². The molecule has 1 saturated heterocycles. The van der Waals surface area contributed by atoms with Gasteiger partial charge in [0.25, 0.3) is 0 Å². The lowest BCUT2D eigenvalue weighted by Crippen LogP contribution is -2.34. The van der Waals surface area contributed by atoms with E-state index in [0.29, 0.717) is 10.0 Å². The van der Waals surface area contributed by atoms with Gasteiger partial charge in [-0.25, -0.2) is 0 Å². The maximum atomic E-state index is 6.12. The normalized spacial score (nSPS) is 23.1. The second-order valence-corrected chi connectivity index (χ2v) is 6.13. The highest BCUT2D eigenvalue weighted by Crippen LogP contribution is 2.33. The van der Waals surface area contributed by atoms with Crippen LogP contribution in [0.25, 0.3) is 0 Å². The van der Waals surface area contributed by atoms with Crippen LogP contribution in [-0.2, 0) is 4.74 Å². The van der Waals surface area contributed by atoms with Crippen molar-refractivity contribution in [1.82, 2.24) is 5.32 Å². The molecule has 1 aromatic rings. The van der Waals surface area contributed by atoms with E-state index in [2.05, 4.69) is 19.2 Å². The summed E-state index contributed by atoms with van der Waals surface area (Å²) in [7, 11) is 0.